The van der Waals surface area contributed by atoms with Gasteiger partial charge < -0.3 is 14.6 Å². The van der Waals surface area contributed by atoms with Crippen molar-refractivity contribution >= 4 is 16.9 Å². The van der Waals surface area contributed by atoms with E-state index >= 15 is 8.78 Å². The number of ether oxygens (including phenoxy) is 2. The number of carboxylic acid groups (broad SMARTS) is 1. The number of halogens is 2. The molecular formula is C25H25F2NO4. The van der Waals surface area contributed by atoms with E-state index in [1.807, 2.05) is 0 Å². The second kappa shape index (κ2) is 8.13. The van der Waals surface area contributed by atoms with Crippen LogP contribution in [0.2, 0.25) is 0 Å². The van der Waals surface area contributed by atoms with Crippen LogP contribution in [-0.4, -0.2) is 28.3 Å². The largest absolute Gasteiger partial charge is 0.490 e. The van der Waals surface area contributed by atoms with Gasteiger partial charge in [0.25, 0.3) is 0 Å². The van der Waals surface area contributed by atoms with Crippen molar-refractivity contribution < 1.29 is 28.2 Å². The van der Waals surface area contributed by atoms with Crippen LogP contribution in [0.3, 0.4) is 0 Å². The molecule has 0 aliphatic carbocycles. The number of carboxylic acids is 1. The summed E-state index contributed by atoms with van der Waals surface area (Å²) in [6.07, 6.45) is -0.194. The van der Waals surface area contributed by atoms with Crippen LogP contribution in [0.25, 0.3) is 22.0 Å². The van der Waals surface area contributed by atoms with Crippen LogP contribution in [0.15, 0.2) is 30.3 Å². The van der Waals surface area contributed by atoms with Crippen LogP contribution in [-0.2, 0) is 16.0 Å². The molecule has 32 heavy (non-hydrogen) atoms. The number of para-hydroxylation sites is 1. The molecule has 3 aromatic rings. The minimum atomic E-state index is -1.42. The third-order valence-electron chi connectivity index (χ3n) is 5.42. The Bertz CT molecular complexity index is 1220. The quantitative estimate of drug-likeness (QED) is 0.558. The molecular weight excluding hydrogens is 416 g/mol. The van der Waals surface area contributed by atoms with Gasteiger partial charge in [-0.3, -0.25) is 4.98 Å². The number of aromatic nitrogens is 1. The number of carbonyl (C=O) groups is 1. The summed E-state index contributed by atoms with van der Waals surface area (Å²) in [6.45, 7) is 7.20. The highest BCUT2D eigenvalue weighted by Gasteiger charge is 2.34. The fourth-order valence-corrected chi connectivity index (χ4v) is 4.17. The highest BCUT2D eigenvalue weighted by Crippen LogP contribution is 2.43. The molecule has 0 fully saturated rings. The molecule has 7 heteroatoms. The van der Waals surface area contributed by atoms with Gasteiger partial charge in [-0.1, -0.05) is 18.2 Å². The number of aryl methyl sites for hydroxylation is 2. The summed E-state index contributed by atoms with van der Waals surface area (Å²) in [4.78, 5) is 16.8. The lowest BCUT2D eigenvalue weighted by Gasteiger charge is -2.28. The van der Waals surface area contributed by atoms with Crippen LogP contribution in [0.5, 0.6) is 5.75 Å². The zero-order valence-corrected chi connectivity index (χ0v) is 18.5. The average Bonchev–Trinajstić information content (AvgIpc) is 2.73. The first-order valence-corrected chi connectivity index (χ1v) is 10.5. The van der Waals surface area contributed by atoms with Crippen molar-refractivity contribution in [2.24, 2.45) is 0 Å². The molecule has 0 amide bonds. The van der Waals surface area contributed by atoms with Gasteiger partial charge in [-0.2, -0.15) is 4.39 Å². The standard InChI is InChI=1S/C25H25F2NO4/c1-13-18(23(24(29)30)32-25(2,3)4)19(15-9-5-6-10-17(15)28-13)16-12-14-8-7-11-31-22(14)21(27)20(16)26/h5-6,9-10,12,23H,7-8,11H2,1-4H3,(H,29,30)/t23-/m0/s1. The smallest absolute Gasteiger partial charge is 0.337 e. The second-order valence-electron chi connectivity index (χ2n) is 8.94. The fourth-order valence-electron chi connectivity index (χ4n) is 4.17. The minimum absolute atomic E-state index is 0.0211. The van der Waals surface area contributed by atoms with E-state index in [0.717, 1.165) is 0 Å². The lowest BCUT2D eigenvalue weighted by Crippen LogP contribution is -2.28. The Morgan fingerprint density at radius 1 is 1.22 bits per heavy atom. The number of benzene rings is 2. The zero-order chi connectivity index (χ0) is 23.2. The average molecular weight is 441 g/mol. The molecule has 2 heterocycles. The van der Waals surface area contributed by atoms with E-state index in [2.05, 4.69) is 4.98 Å². The van der Waals surface area contributed by atoms with E-state index in [4.69, 9.17) is 9.47 Å². The Balaban J connectivity index is 2.10. The molecule has 1 atom stereocenters. The first kappa shape index (κ1) is 22.1. The van der Waals surface area contributed by atoms with Gasteiger partial charge in [-0.15, -0.1) is 0 Å². The molecule has 5 nitrogen and oxygen atoms in total. The zero-order valence-electron chi connectivity index (χ0n) is 18.5. The van der Waals surface area contributed by atoms with Crippen LogP contribution >= 0.6 is 0 Å². The second-order valence-corrected chi connectivity index (χ2v) is 8.94. The molecule has 1 aliphatic heterocycles. The number of fused-ring (bicyclic) bond motifs is 2. The Labute approximate surface area is 185 Å². The van der Waals surface area contributed by atoms with E-state index in [9.17, 15) is 9.90 Å². The van der Waals surface area contributed by atoms with Gasteiger partial charge >= 0.3 is 5.97 Å². The number of rotatable bonds is 4. The summed E-state index contributed by atoms with van der Waals surface area (Å²) in [7, 11) is 0. The number of hydrogen-bond acceptors (Lipinski definition) is 4. The highest BCUT2D eigenvalue weighted by atomic mass is 19.2. The van der Waals surface area contributed by atoms with Gasteiger partial charge in [-0.05, 0) is 58.2 Å². The first-order chi connectivity index (χ1) is 15.1. The monoisotopic (exact) mass is 441 g/mol. The van der Waals surface area contributed by atoms with Crippen molar-refractivity contribution in [3.8, 4) is 16.9 Å². The van der Waals surface area contributed by atoms with Gasteiger partial charge in [0.2, 0.25) is 5.82 Å². The topological polar surface area (TPSA) is 68.7 Å². The molecule has 2 aromatic carbocycles. The summed E-state index contributed by atoms with van der Waals surface area (Å²) >= 11 is 0. The Kier molecular flexibility index (Phi) is 5.63. The molecule has 0 saturated carbocycles. The predicted octanol–water partition coefficient (Wildman–Crippen LogP) is 5.75. The maximum absolute atomic E-state index is 15.5. The first-order valence-electron chi connectivity index (χ1n) is 10.5. The molecule has 4 rings (SSSR count). The van der Waals surface area contributed by atoms with Crippen LogP contribution in [0.1, 0.15) is 50.1 Å². The normalized spacial score (nSPS) is 14.7. The van der Waals surface area contributed by atoms with Crippen LogP contribution in [0, 0.1) is 18.6 Å². The van der Waals surface area contributed by atoms with Crippen molar-refractivity contribution in [3.05, 3.63) is 58.8 Å². The summed E-state index contributed by atoms with van der Waals surface area (Å²) in [5, 5.41) is 10.6. The van der Waals surface area contributed by atoms with Crippen molar-refractivity contribution in [1.82, 2.24) is 4.98 Å². The van der Waals surface area contributed by atoms with Crippen molar-refractivity contribution in [2.75, 3.05) is 6.61 Å². The summed E-state index contributed by atoms with van der Waals surface area (Å²) in [5.74, 6) is -3.45. The van der Waals surface area contributed by atoms with E-state index < -0.39 is 29.3 Å². The number of nitrogens with zero attached hydrogens (tertiary/aromatic N) is 1. The Morgan fingerprint density at radius 2 is 1.94 bits per heavy atom. The van der Waals surface area contributed by atoms with Crippen LogP contribution < -0.4 is 4.74 Å². The van der Waals surface area contributed by atoms with Crippen molar-refractivity contribution in [1.29, 1.82) is 0 Å². The van der Waals surface area contributed by atoms with Crippen molar-refractivity contribution in [2.45, 2.75) is 52.2 Å². The third kappa shape index (κ3) is 3.93. The summed E-state index contributed by atoms with van der Waals surface area (Å²) in [5.41, 5.74) is 1.15. The van der Waals surface area contributed by atoms with Gasteiger partial charge in [0.15, 0.2) is 17.7 Å². The van der Waals surface area contributed by atoms with E-state index in [-0.39, 0.29) is 22.4 Å². The molecule has 0 radical (unpaired) electrons. The Hall–Kier alpha value is -3.06. The van der Waals surface area contributed by atoms with Crippen LogP contribution in [0.4, 0.5) is 8.78 Å². The lowest BCUT2D eigenvalue weighted by molar-refractivity contribution is -0.160. The molecule has 0 bridgehead atoms. The molecule has 1 aromatic heterocycles. The maximum Gasteiger partial charge on any atom is 0.337 e. The van der Waals surface area contributed by atoms with E-state index in [1.54, 1.807) is 58.0 Å². The molecule has 0 saturated heterocycles. The number of pyridine rings is 1. The molecule has 168 valence electrons. The maximum atomic E-state index is 15.5. The van der Waals surface area contributed by atoms with Gasteiger partial charge in [0.05, 0.1) is 17.7 Å². The van der Waals surface area contributed by atoms with Gasteiger partial charge in [0.1, 0.15) is 0 Å². The molecule has 1 aliphatic rings. The Morgan fingerprint density at radius 3 is 2.62 bits per heavy atom. The minimum Gasteiger partial charge on any atom is -0.490 e. The number of aliphatic carboxylic acids is 1. The SMILES string of the molecule is Cc1nc2ccccc2c(-c2cc3c(c(F)c2F)OCCC3)c1[C@H](OC(C)(C)C)C(=O)O. The molecule has 0 spiro atoms. The number of hydrogen-bond donors (Lipinski definition) is 1. The third-order valence-corrected chi connectivity index (χ3v) is 5.42. The predicted molar refractivity (Wildman–Crippen MR) is 117 cm³/mol. The molecule has 0 unspecified atom stereocenters. The fraction of sp³-hybridized carbons (Fsp3) is 0.360. The van der Waals surface area contributed by atoms with Gasteiger partial charge in [0, 0.05) is 27.8 Å². The summed E-state index contributed by atoms with van der Waals surface area (Å²) < 4.78 is 41.7. The van der Waals surface area contributed by atoms with E-state index in [0.29, 0.717) is 41.6 Å². The highest BCUT2D eigenvalue weighted by molar-refractivity contribution is 5.99. The van der Waals surface area contributed by atoms with Gasteiger partial charge in [-0.25, -0.2) is 9.18 Å². The molecule has 1 N–H and O–H groups in total. The summed E-state index contributed by atoms with van der Waals surface area (Å²) in [6, 6.07) is 8.59. The van der Waals surface area contributed by atoms with Crippen molar-refractivity contribution in [3.63, 3.8) is 0 Å². The van der Waals surface area contributed by atoms with E-state index in [1.165, 1.54) is 0 Å². The lowest BCUT2D eigenvalue weighted by atomic mass is 9.89.